The summed E-state index contributed by atoms with van der Waals surface area (Å²) < 4.78 is 5.13. The van der Waals surface area contributed by atoms with E-state index in [1.165, 1.54) is 0 Å². The van der Waals surface area contributed by atoms with Gasteiger partial charge in [0.2, 0.25) is 5.91 Å². The minimum atomic E-state index is -0.700. The molecule has 1 aromatic rings. The number of aliphatic hydroxyl groups excluding tert-OH is 1. The molecule has 1 saturated heterocycles. The number of hydrogen-bond acceptors (Lipinski definition) is 6. The zero-order chi connectivity index (χ0) is 18.0. The molecule has 2 heterocycles. The van der Waals surface area contributed by atoms with Crippen molar-refractivity contribution in [3.63, 3.8) is 0 Å². The van der Waals surface area contributed by atoms with Crippen molar-refractivity contribution in [1.82, 2.24) is 20.7 Å². The number of nitrogens with zero attached hydrogens (tertiary/aromatic N) is 2. The normalized spacial score (nSPS) is 27.8. The van der Waals surface area contributed by atoms with Gasteiger partial charge in [0.05, 0.1) is 24.4 Å². The Balaban J connectivity index is 1.68. The molecule has 1 aliphatic heterocycles. The molecule has 0 unspecified atom stereocenters. The van der Waals surface area contributed by atoms with Crippen molar-refractivity contribution in [2.45, 2.75) is 57.7 Å². The van der Waals surface area contributed by atoms with Crippen LogP contribution in [0, 0.1) is 6.92 Å². The van der Waals surface area contributed by atoms with E-state index in [0.29, 0.717) is 36.5 Å². The highest BCUT2D eigenvalue weighted by molar-refractivity contribution is 5.96. The highest BCUT2D eigenvalue weighted by atomic mass is 16.5. The molecule has 8 heteroatoms. The van der Waals surface area contributed by atoms with E-state index < -0.39 is 6.10 Å². The maximum absolute atomic E-state index is 12.7. The number of amides is 2. The van der Waals surface area contributed by atoms with E-state index in [4.69, 9.17) is 4.52 Å². The zero-order valence-corrected chi connectivity index (χ0v) is 14.7. The second-order valence-corrected chi connectivity index (χ2v) is 6.80. The van der Waals surface area contributed by atoms with Gasteiger partial charge < -0.3 is 20.3 Å². The molecular weight excluding hydrogens is 324 g/mol. The quantitative estimate of drug-likeness (QED) is 0.705. The van der Waals surface area contributed by atoms with Crippen molar-refractivity contribution < 1.29 is 19.2 Å². The van der Waals surface area contributed by atoms with Gasteiger partial charge in [0, 0.05) is 19.1 Å². The van der Waals surface area contributed by atoms with E-state index in [1.54, 1.807) is 6.92 Å². The minimum absolute atomic E-state index is 0.0164. The van der Waals surface area contributed by atoms with Crippen molar-refractivity contribution in [2.75, 3.05) is 19.6 Å². The summed E-state index contributed by atoms with van der Waals surface area (Å²) in [6.45, 7) is 5.25. The maximum Gasteiger partial charge on any atom is 0.257 e. The fourth-order valence-corrected chi connectivity index (χ4v) is 3.84. The first-order valence-corrected chi connectivity index (χ1v) is 8.96. The van der Waals surface area contributed by atoms with Crippen molar-refractivity contribution in [1.29, 1.82) is 0 Å². The van der Waals surface area contributed by atoms with Gasteiger partial charge in [0.15, 0.2) is 0 Å². The summed E-state index contributed by atoms with van der Waals surface area (Å²) in [5.41, 5.74) is 1.10. The van der Waals surface area contributed by atoms with Crippen molar-refractivity contribution in [2.24, 2.45) is 0 Å². The standard InChI is InChI=1S/C17H26N4O4/c1-3-11-15(10(2)25-20-11)17(24)19-12-5-4-6-13(16(12)23)21-8-7-18-14(22)9-21/h12-13,16,23H,3-9H2,1-2H3,(H,18,22)(H,19,24)/t12-,13-,16-/m1/s1. The van der Waals surface area contributed by atoms with Crippen molar-refractivity contribution >= 4 is 11.8 Å². The van der Waals surface area contributed by atoms with Gasteiger partial charge in [-0.25, -0.2) is 0 Å². The minimum Gasteiger partial charge on any atom is -0.389 e. The predicted molar refractivity (Wildman–Crippen MR) is 90.1 cm³/mol. The van der Waals surface area contributed by atoms with Crippen LogP contribution in [0.5, 0.6) is 0 Å². The highest BCUT2D eigenvalue weighted by Gasteiger charge is 2.38. The smallest absolute Gasteiger partial charge is 0.257 e. The first-order chi connectivity index (χ1) is 12.0. The largest absolute Gasteiger partial charge is 0.389 e. The Morgan fingerprint density at radius 2 is 2.28 bits per heavy atom. The molecule has 2 fully saturated rings. The van der Waals surface area contributed by atoms with E-state index in [-0.39, 0.29) is 23.9 Å². The highest BCUT2D eigenvalue weighted by Crippen LogP contribution is 2.25. The average Bonchev–Trinajstić information content (AvgIpc) is 2.97. The molecule has 0 radical (unpaired) electrons. The van der Waals surface area contributed by atoms with E-state index >= 15 is 0 Å². The van der Waals surface area contributed by atoms with E-state index in [1.807, 2.05) is 11.8 Å². The lowest BCUT2D eigenvalue weighted by molar-refractivity contribution is -0.126. The van der Waals surface area contributed by atoms with Crippen LogP contribution in [0.3, 0.4) is 0 Å². The van der Waals surface area contributed by atoms with Crippen LogP contribution < -0.4 is 10.6 Å². The van der Waals surface area contributed by atoms with Gasteiger partial charge in [-0.3, -0.25) is 14.5 Å². The number of rotatable bonds is 4. The Labute approximate surface area is 146 Å². The molecule has 138 valence electrons. The average molecular weight is 350 g/mol. The number of carbonyl (C=O) groups excluding carboxylic acids is 2. The molecule has 0 aromatic carbocycles. The summed E-state index contributed by atoms with van der Waals surface area (Å²) in [7, 11) is 0. The third-order valence-corrected chi connectivity index (χ3v) is 5.17. The molecule has 1 aromatic heterocycles. The predicted octanol–water partition coefficient (Wildman–Crippen LogP) is -0.0110. The van der Waals surface area contributed by atoms with Gasteiger partial charge in [0.25, 0.3) is 5.91 Å². The Hall–Kier alpha value is -1.93. The number of aliphatic hydroxyl groups is 1. The summed E-state index contributed by atoms with van der Waals surface area (Å²) >= 11 is 0. The fourth-order valence-electron chi connectivity index (χ4n) is 3.84. The molecule has 1 aliphatic carbocycles. The zero-order valence-electron chi connectivity index (χ0n) is 14.7. The van der Waals surface area contributed by atoms with E-state index in [9.17, 15) is 14.7 Å². The molecule has 3 N–H and O–H groups in total. The molecular formula is C17H26N4O4. The maximum atomic E-state index is 12.7. The van der Waals surface area contributed by atoms with Crippen LogP contribution >= 0.6 is 0 Å². The van der Waals surface area contributed by atoms with Gasteiger partial charge >= 0.3 is 0 Å². The first-order valence-electron chi connectivity index (χ1n) is 8.96. The monoisotopic (exact) mass is 350 g/mol. The molecule has 0 bridgehead atoms. The lowest BCUT2D eigenvalue weighted by Gasteiger charge is -2.42. The van der Waals surface area contributed by atoms with Crippen LogP contribution in [0.25, 0.3) is 0 Å². The number of hydrogen-bond donors (Lipinski definition) is 3. The Morgan fingerprint density at radius 1 is 1.48 bits per heavy atom. The van der Waals surface area contributed by atoms with Crippen LogP contribution in [0.2, 0.25) is 0 Å². The number of aryl methyl sites for hydroxylation is 2. The van der Waals surface area contributed by atoms with E-state index in [2.05, 4.69) is 15.8 Å². The topological polar surface area (TPSA) is 108 Å². The van der Waals surface area contributed by atoms with Crippen LogP contribution in [0.1, 0.15) is 48.0 Å². The Morgan fingerprint density at radius 3 is 3.00 bits per heavy atom. The van der Waals surface area contributed by atoms with E-state index in [0.717, 1.165) is 25.8 Å². The lowest BCUT2D eigenvalue weighted by atomic mass is 9.86. The van der Waals surface area contributed by atoms with Crippen molar-refractivity contribution in [3.8, 4) is 0 Å². The summed E-state index contributed by atoms with van der Waals surface area (Å²) in [5, 5.41) is 20.4. The third kappa shape index (κ3) is 3.69. The van der Waals surface area contributed by atoms with Crippen LogP contribution in [0.4, 0.5) is 0 Å². The van der Waals surface area contributed by atoms with Crippen LogP contribution in [-0.2, 0) is 11.2 Å². The van der Waals surface area contributed by atoms with Crippen LogP contribution in [-0.4, -0.2) is 64.8 Å². The van der Waals surface area contributed by atoms with Crippen LogP contribution in [0.15, 0.2) is 4.52 Å². The van der Waals surface area contributed by atoms with Gasteiger partial charge in [0.1, 0.15) is 11.3 Å². The van der Waals surface area contributed by atoms with Gasteiger partial charge in [-0.15, -0.1) is 0 Å². The molecule has 1 saturated carbocycles. The fraction of sp³-hybridized carbons (Fsp3) is 0.706. The number of piperazine rings is 1. The molecule has 25 heavy (non-hydrogen) atoms. The second-order valence-electron chi connectivity index (χ2n) is 6.80. The summed E-state index contributed by atoms with van der Waals surface area (Å²) in [6, 6.07) is -0.449. The molecule has 2 aliphatic rings. The Bertz CT molecular complexity index is 645. The first kappa shape index (κ1) is 17.9. The van der Waals surface area contributed by atoms with Crippen molar-refractivity contribution in [3.05, 3.63) is 17.0 Å². The van der Waals surface area contributed by atoms with Gasteiger partial charge in [-0.2, -0.15) is 0 Å². The SMILES string of the molecule is CCc1noc(C)c1C(=O)N[C@@H]1CCC[C@@H](N2CCNC(=O)C2)[C@@H]1O. The summed E-state index contributed by atoms with van der Waals surface area (Å²) in [4.78, 5) is 26.3. The summed E-state index contributed by atoms with van der Waals surface area (Å²) in [6.07, 6.45) is 2.35. The van der Waals surface area contributed by atoms with Gasteiger partial charge in [-0.05, 0) is 32.6 Å². The molecule has 2 amide bonds. The van der Waals surface area contributed by atoms with Gasteiger partial charge in [-0.1, -0.05) is 12.1 Å². The third-order valence-electron chi connectivity index (χ3n) is 5.17. The molecule has 3 rings (SSSR count). The number of carbonyl (C=O) groups is 2. The second kappa shape index (κ2) is 7.53. The molecule has 0 spiro atoms. The number of aromatic nitrogens is 1. The molecule has 8 nitrogen and oxygen atoms in total. The Kier molecular flexibility index (Phi) is 5.39. The molecule has 3 atom stereocenters. The summed E-state index contributed by atoms with van der Waals surface area (Å²) in [5.74, 6) is 0.220. The number of nitrogens with one attached hydrogen (secondary N) is 2. The lowest BCUT2D eigenvalue weighted by Crippen LogP contribution is -2.60.